The highest BCUT2D eigenvalue weighted by atomic mass is 19.4. The van der Waals surface area contributed by atoms with Crippen LogP contribution >= 0.6 is 0 Å². The molecule has 208 valence electrons. The number of hydrogen-bond donors (Lipinski definition) is 1. The minimum absolute atomic E-state index is 0.00449. The molecule has 0 fully saturated rings. The highest BCUT2D eigenvalue weighted by Gasteiger charge is 2.71. The number of methoxy groups -OCH3 is 2. The predicted octanol–water partition coefficient (Wildman–Crippen LogP) is 4.74. The normalized spacial score (nSPS) is 20.6. The molecule has 2 amide bonds. The van der Waals surface area contributed by atoms with Gasteiger partial charge in [-0.15, -0.1) is 0 Å². The second-order valence-corrected chi connectivity index (χ2v) is 10.6. The number of nitrogens with one attached hydrogen (secondary N) is 1. The molecular formula is C29H31F3N2O5. The Balaban J connectivity index is 1.69. The summed E-state index contributed by atoms with van der Waals surface area (Å²) in [7, 11) is 2.99. The minimum Gasteiger partial charge on any atom is -0.497 e. The summed E-state index contributed by atoms with van der Waals surface area (Å²) in [5.41, 5.74) is -3.51. The van der Waals surface area contributed by atoms with E-state index < -0.39 is 40.3 Å². The van der Waals surface area contributed by atoms with Gasteiger partial charge in [-0.3, -0.25) is 14.4 Å². The average Bonchev–Trinajstić information content (AvgIpc) is 3.10. The van der Waals surface area contributed by atoms with Crippen molar-refractivity contribution in [3.63, 3.8) is 0 Å². The van der Waals surface area contributed by atoms with E-state index >= 15 is 0 Å². The Morgan fingerprint density at radius 1 is 0.923 bits per heavy atom. The van der Waals surface area contributed by atoms with Gasteiger partial charge < -0.3 is 19.7 Å². The lowest BCUT2D eigenvalue weighted by atomic mass is 9.72. The Hall–Kier alpha value is -3.82. The van der Waals surface area contributed by atoms with Crippen LogP contribution in [0.4, 0.5) is 13.2 Å². The summed E-state index contributed by atoms with van der Waals surface area (Å²) in [6, 6.07) is 13.3. The Morgan fingerprint density at radius 3 is 1.97 bits per heavy atom. The lowest BCUT2D eigenvalue weighted by molar-refractivity contribution is -0.194. The van der Waals surface area contributed by atoms with Crippen molar-refractivity contribution in [2.75, 3.05) is 14.2 Å². The standard InChI is InChI=1S/C29H31F3N2O5/c1-27(2)15-22-25(23(35)16-27)28(29(30,31)32,26(37)34(22)17-19-7-12-21(39-4)13-8-19)33-24(36)14-9-18-5-10-20(38-3)11-6-18/h5-8,10-13H,9,14-17H2,1-4H3,(H,33,36)/t28-/m0/s1. The molecule has 1 heterocycles. The summed E-state index contributed by atoms with van der Waals surface area (Å²) < 4.78 is 55.1. The van der Waals surface area contributed by atoms with Gasteiger partial charge in [0, 0.05) is 18.5 Å². The zero-order chi connectivity index (χ0) is 28.6. The second kappa shape index (κ2) is 10.4. The van der Waals surface area contributed by atoms with Crippen LogP contribution in [0.1, 0.15) is 44.2 Å². The van der Waals surface area contributed by atoms with Crippen molar-refractivity contribution in [1.82, 2.24) is 10.2 Å². The van der Waals surface area contributed by atoms with E-state index in [1.54, 1.807) is 62.4 Å². The lowest BCUT2D eigenvalue weighted by Crippen LogP contribution is -2.66. The molecular weight excluding hydrogens is 513 g/mol. The molecule has 1 atom stereocenters. The number of hydrogen-bond acceptors (Lipinski definition) is 5. The molecule has 1 aliphatic carbocycles. The van der Waals surface area contributed by atoms with Crippen LogP contribution in [0.2, 0.25) is 0 Å². The number of ketones is 1. The molecule has 0 saturated carbocycles. The van der Waals surface area contributed by atoms with E-state index in [0.717, 1.165) is 4.90 Å². The summed E-state index contributed by atoms with van der Waals surface area (Å²) >= 11 is 0. The van der Waals surface area contributed by atoms with E-state index in [2.05, 4.69) is 0 Å². The van der Waals surface area contributed by atoms with Gasteiger partial charge in [0.2, 0.25) is 11.4 Å². The molecule has 0 radical (unpaired) electrons. The van der Waals surface area contributed by atoms with Gasteiger partial charge in [-0.2, -0.15) is 13.2 Å². The highest BCUT2D eigenvalue weighted by Crippen LogP contribution is 2.52. The summed E-state index contributed by atoms with van der Waals surface area (Å²) in [5, 5.41) is 1.99. The van der Waals surface area contributed by atoms with Crippen molar-refractivity contribution in [3.05, 3.63) is 70.9 Å². The first kappa shape index (κ1) is 28.2. The van der Waals surface area contributed by atoms with E-state index in [1.165, 1.54) is 14.2 Å². The molecule has 39 heavy (non-hydrogen) atoms. The van der Waals surface area contributed by atoms with E-state index in [0.29, 0.717) is 22.6 Å². The molecule has 0 unspecified atom stereocenters. The second-order valence-electron chi connectivity index (χ2n) is 10.6. The zero-order valence-electron chi connectivity index (χ0n) is 22.3. The summed E-state index contributed by atoms with van der Waals surface area (Å²) in [6.45, 7) is 3.35. The molecule has 0 spiro atoms. The number of ether oxygens (including phenoxy) is 2. The average molecular weight is 545 g/mol. The third kappa shape index (κ3) is 5.37. The van der Waals surface area contributed by atoms with Crippen LogP contribution in [-0.2, 0) is 27.3 Å². The van der Waals surface area contributed by atoms with Gasteiger partial charge in [0.25, 0.3) is 5.91 Å². The Kier molecular flexibility index (Phi) is 7.51. The maximum absolute atomic E-state index is 14.9. The van der Waals surface area contributed by atoms with Gasteiger partial charge in [-0.1, -0.05) is 38.1 Å². The SMILES string of the molecule is COc1ccc(CCC(=O)N[C@]2(C(F)(F)F)C(=O)N(Cc3ccc(OC)cc3)C3=C2C(=O)CC(C)(C)C3)cc1. The number of nitrogens with zero attached hydrogens (tertiary/aromatic N) is 1. The zero-order valence-corrected chi connectivity index (χ0v) is 22.3. The van der Waals surface area contributed by atoms with Gasteiger partial charge >= 0.3 is 6.18 Å². The molecule has 0 bridgehead atoms. The quantitative estimate of drug-likeness (QED) is 0.519. The van der Waals surface area contributed by atoms with Gasteiger partial charge in [-0.05, 0) is 53.6 Å². The Bertz CT molecular complexity index is 1300. The summed E-state index contributed by atoms with van der Waals surface area (Å²) in [4.78, 5) is 41.0. The number of halogens is 3. The molecule has 7 nitrogen and oxygen atoms in total. The number of alkyl halides is 3. The third-order valence-electron chi connectivity index (χ3n) is 7.17. The van der Waals surface area contributed by atoms with E-state index in [1.807, 2.05) is 5.32 Å². The molecule has 2 aromatic rings. The third-order valence-corrected chi connectivity index (χ3v) is 7.17. The fourth-order valence-corrected chi connectivity index (χ4v) is 5.23. The molecule has 2 aliphatic rings. The summed E-state index contributed by atoms with van der Waals surface area (Å²) in [5.74, 6) is -1.99. The van der Waals surface area contributed by atoms with Crippen LogP contribution in [0.3, 0.4) is 0 Å². The van der Waals surface area contributed by atoms with Crippen LogP contribution in [0, 0.1) is 5.41 Å². The van der Waals surface area contributed by atoms with Gasteiger partial charge in [0.05, 0.1) is 26.3 Å². The Morgan fingerprint density at radius 2 is 1.46 bits per heavy atom. The number of carbonyl (C=O) groups excluding carboxylic acids is 3. The first-order chi connectivity index (χ1) is 18.3. The maximum Gasteiger partial charge on any atom is 0.425 e. The number of allylic oxidation sites excluding steroid dienone is 1. The number of benzene rings is 2. The van der Waals surface area contributed by atoms with Crippen molar-refractivity contribution in [1.29, 1.82) is 0 Å². The fraction of sp³-hybridized carbons (Fsp3) is 0.414. The predicted molar refractivity (Wildman–Crippen MR) is 137 cm³/mol. The molecule has 10 heteroatoms. The van der Waals surface area contributed by atoms with Crippen LogP contribution in [0.15, 0.2) is 59.8 Å². The molecule has 0 aromatic heterocycles. The van der Waals surface area contributed by atoms with Crippen molar-refractivity contribution in [3.8, 4) is 11.5 Å². The topological polar surface area (TPSA) is 84.9 Å². The van der Waals surface area contributed by atoms with E-state index in [4.69, 9.17) is 9.47 Å². The van der Waals surface area contributed by atoms with Crippen molar-refractivity contribution < 1.29 is 37.0 Å². The monoisotopic (exact) mass is 544 g/mol. The highest BCUT2D eigenvalue weighted by molar-refractivity contribution is 6.13. The minimum atomic E-state index is -5.24. The largest absolute Gasteiger partial charge is 0.497 e. The van der Waals surface area contributed by atoms with Gasteiger partial charge in [-0.25, -0.2) is 0 Å². The number of carbonyl (C=O) groups is 3. The van der Waals surface area contributed by atoms with Crippen molar-refractivity contribution in [2.45, 2.75) is 57.8 Å². The molecule has 1 N–H and O–H groups in total. The van der Waals surface area contributed by atoms with Crippen LogP contribution < -0.4 is 14.8 Å². The van der Waals surface area contributed by atoms with Crippen LogP contribution in [0.5, 0.6) is 11.5 Å². The first-order valence-electron chi connectivity index (χ1n) is 12.5. The van der Waals surface area contributed by atoms with Gasteiger partial charge in [0.1, 0.15) is 11.5 Å². The maximum atomic E-state index is 14.9. The first-order valence-corrected chi connectivity index (χ1v) is 12.5. The Labute approximate surface area is 225 Å². The van der Waals surface area contributed by atoms with Crippen LogP contribution in [-0.4, -0.2) is 48.4 Å². The summed E-state index contributed by atoms with van der Waals surface area (Å²) in [6.07, 6.45) is -5.50. The van der Waals surface area contributed by atoms with E-state index in [9.17, 15) is 27.6 Å². The number of Topliss-reactive ketones (excluding diaryl/α,β-unsaturated/α-hetero) is 1. The number of amides is 2. The van der Waals surface area contributed by atoms with E-state index in [-0.39, 0.29) is 37.9 Å². The van der Waals surface area contributed by atoms with Gasteiger partial charge in [0.15, 0.2) is 5.78 Å². The van der Waals surface area contributed by atoms with Crippen molar-refractivity contribution in [2.24, 2.45) is 5.41 Å². The molecule has 0 saturated heterocycles. The lowest BCUT2D eigenvalue weighted by Gasteiger charge is -2.35. The molecule has 4 rings (SSSR count). The van der Waals surface area contributed by atoms with Crippen molar-refractivity contribution >= 4 is 17.6 Å². The fourth-order valence-electron chi connectivity index (χ4n) is 5.23. The molecule has 1 aliphatic heterocycles. The molecule has 2 aromatic carbocycles. The van der Waals surface area contributed by atoms with Crippen LogP contribution in [0.25, 0.3) is 0 Å². The number of aryl methyl sites for hydroxylation is 1. The number of rotatable bonds is 8. The smallest absolute Gasteiger partial charge is 0.425 e.